The Labute approximate surface area is 158 Å². The third-order valence-electron chi connectivity index (χ3n) is 4.56. The molecule has 0 bridgehead atoms. The van der Waals surface area contributed by atoms with Crippen LogP contribution in [0.15, 0.2) is 29.4 Å². The normalized spacial score (nSPS) is 14.5. The number of hydrogen-bond acceptors (Lipinski definition) is 5. The molecule has 0 aliphatic heterocycles. The van der Waals surface area contributed by atoms with E-state index in [1.54, 1.807) is 0 Å². The molecule has 1 aliphatic carbocycles. The topological polar surface area (TPSA) is 69.0 Å². The zero-order valence-electron chi connectivity index (χ0n) is 15.4. The van der Waals surface area contributed by atoms with Crippen molar-refractivity contribution in [3.63, 3.8) is 0 Å². The van der Waals surface area contributed by atoms with E-state index in [1.165, 1.54) is 37.4 Å². The number of hydrogen-bond donors (Lipinski definition) is 1. The first kappa shape index (κ1) is 18.8. The third-order valence-corrected chi connectivity index (χ3v) is 5.53. The van der Waals surface area contributed by atoms with E-state index in [-0.39, 0.29) is 5.91 Å². The predicted molar refractivity (Wildman–Crippen MR) is 104 cm³/mol. The average molecular weight is 375 g/mol. The number of benzene rings is 1. The standard InChI is InChI=1S/C19H26N4O2S/c1-3-23-18(14-7-5-6-8-14)21-22-19(23)26-13-17(24)20-15-9-11-16(12-10-15)25-4-2/h9-12,14H,3-8,13H2,1-2H3,(H,20,24). The number of rotatable bonds is 8. The van der Waals surface area contributed by atoms with E-state index in [9.17, 15) is 4.79 Å². The SMILES string of the molecule is CCOc1ccc(NC(=O)CSc2nnc(C3CCCC3)n2CC)cc1. The van der Waals surface area contributed by atoms with E-state index in [0.29, 0.717) is 18.3 Å². The quantitative estimate of drug-likeness (QED) is 0.705. The van der Waals surface area contributed by atoms with E-state index >= 15 is 0 Å². The van der Waals surface area contributed by atoms with Crippen molar-refractivity contribution >= 4 is 23.4 Å². The van der Waals surface area contributed by atoms with Crippen molar-refractivity contribution in [3.05, 3.63) is 30.1 Å². The number of carbonyl (C=O) groups excluding carboxylic acids is 1. The Morgan fingerprint density at radius 1 is 1.23 bits per heavy atom. The van der Waals surface area contributed by atoms with Crippen molar-refractivity contribution < 1.29 is 9.53 Å². The summed E-state index contributed by atoms with van der Waals surface area (Å²) in [6, 6.07) is 7.41. The fraction of sp³-hybridized carbons (Fsp3) is 0.526. The molecule has 2 aromatic rings. The summed E-state index contributed by atoms with van der Waals surface area (Å²) in [7, 11) is 0. The van der Waals surface area contributed by atoms with Gasteiger partial charge in [-0.05, 0) is 51.0 Å². The fourth-order valence-corrected chi connectivity index (χ4v) is 4.13. The van der Waals surface area contributed by atoms with Gasteiger partial charge in [0.1, 0.15) is 11.6 Å². The molecule has 1 aromatic heterocycles. The summed E-state index contributed by atoms with van der Waals surface area (Å²) in [4.78, 5) is 12.2. The Morgan fingerprint density at radius 2 is 1.96 bits per heavy atom. The largest absolute Gasteiger partial charge is 0.494 e. The van der Waals surface area contributed by atoms with Crippen LogP contribution in [-0.4, -0.2) is 33.0 Å². The summed E-state index contributed by atoms with van der Waals surface area (Å²) in [6.45, 7) is 5.51. The summed E-state index contributed by atoms with van der Waals surface area (Å²) in [5.41, 5.74) is 0.766. The van der Waals surface area contributed by atoms with Crippen molar-refractivity contribution in [2.75, 3.05) is 17.7 Å². The van der Waals surface area contributed by atoms with Crippen LogP contribution in [-0.2, 0) is 11.3 Å². The number of nitrogens with zero attached hydrogens (tertiary/aromatic N) is 3. The van der Waals surface area contributed by atoms with Crippen LogP contribution in [0, 0.1) is 0 Å². The monoisotopic (exact) mass is 374 g/mol. The maximum atomic E-state index is 12.2. The summed E-state index contributed by atoms with van der Waals surface area (Å²) >= 11 is 1.44. The van der Waals surface area contributed by atoms with Crippen molar-refractivity contribution in [3.8, 4) is 5.75 Å². The summed E-state index contributed by atoms with van der Waals surface area (Å²) in [5.74, 6) is 2.67. The van der Waals surface area contributed by atoms with E-state index in [4.69, 9.17) is 4.74 Å². The van der Waals surface area contributed by atoms with Crippen LogP contribution in [0.2, 0.25) is 0 Å². The molecule has 0 radical (unpaired) electrons. The lowest BCUT2D eigenvalue weighted by Gasteiger charge is -2.11. The number of ether oxygens (including phenoxy) is 1. The predicted octanol–water partition coefficient (Wildman–Crippen LogP) is 4.09. The molecule has 0 spiro atoms. The van der Waals surface area contributed by atoms with Crippen molar-refractivity contribution in [2.24, 2.45) is 0 Å². The first-order valence-electron chi connectivity index (χ1n) is 9.29. The molecule has 0 atom stereocenters. The van der Waals surface area contributed by atoms with Crippen LogP contribution < -0.4 is 10.1 Å². The molecule has 0 unspecified atom stereocenters. The van der Waals surface area contributed by atoms with E-state index in [2.05, 4.69) is 27.0 Å². The molecule has 1 amide bonds. The molecule has 1 aliphatic rings. The number of carbonyl (C=O) groups is 1. The molecule has 1 fully saturated rings. The molecule has 1 aromatic carbocycles. The molecule has 26 heavy (non-hydrogen) atoms. The number of nitrogens with one attached hydrogen (secondary N) is 1. The molecule has 3 rings (SSSR count). The van der Waals surface area contributed by atoms with Gasteiger partial charge in [0, 0.05) is 18.2 Å². The Morgan fingerprint density at radius 3 is 2.62 bits per heavy atom. The second-order valence-corrected chi connectivity index (χ2v) is 7.30. The minimum atomic E-state index is -0.0489. The second kappa shape index (κ2) is 9.07. The first-order valence-corrected chi connectivity index (χ1v) is 10.3. The van der Waals surface area contributed by atoms with Crippen molar-refractivity contribution in [1.82, 2.24) is 14.8 Å². The highest BCUT2D eigenvalue weighted by molar-refractivity contribution is 7.99. The molecular formula is C19H26N4O2S. The van der Waals surface area contributed by atoms with Gasteiger partial charge in [-0.1, -0.05) is 24.6 Å². The maximum Gasteiger partial charge on any atom is 0.234 e. The van der Waals surface area contributed by atoms with Gasteiger partial charge in [-0.2, -0.15) is 0 Å². The van der Waals surface area contributed by atoms with Gasteiger partial charge in [0.05, 0.1) is 12.4 Å². The molecule has 1 N–H and O–H groups in total. The minimum absolute atomic E-state index is 0.0489. The summed E-state index contributed by atoms with van der Waals surface area (Å²) in [5, 5.41) is 12.5. The zero-order valence-corrected chi connectivity index (χ0v) is 16.2. The molecule has 7 heteroatoms. The maximum absolute atomic E-state index is 12.2. The van der Waals surface area contributed by atoms with Gasteiger partial charge >= 0.3 is 0 Å². The van der Waals surface area contributed by atoms with Crippen LogP contribution in [0.25, 0.3) is 0 Å². The van der Waals surface area contributed by atoms with Gasteiger partial charge in [0.2, 0.25) is 5.91 Å². The molecule has 140 valence electrons. The molecule has 6 nitrogen and oxygen atoms in total. The Kier molecular flexibility index (Phi) is 6.55. The lowest BCUT2D eigenvalue weighted by molar-refractivity contribution is -0.113. The van der Waals surface area contributed by atoms with Gasteiger partial charge in [-0.15, -0.1) is 10.2 Å². The van der Waals surface area contributed by atoms with Gasteiger partial charge in [0.25, 0.3) is 0 Å². The lowest BCUT2D eigenvalue weighted by Crippen LogP contribution is -2.15. The number of anilines is 1. The van der Waals surface area contributed by atoms with Crippen molar-refractivity contribution in [1.29, 1.82) is 0 Å². The first-order chi connectivity index (χ1) is 12.7. The summed E-state index contributed by atoms with van der Waals surface area (Å²) in [6.07, 6.45) is 4.93. The van der Waals surface area contributed by atoms with Crippen molar-refractivity contribution in [2.45, 2.75) is 57.1 Å². The Hall–Kier alpha value is -2.02. The van der Waals surface area contributed by atoms with Crippen LogP contribution in [0.3, 0.4) is 0 Å². The van der Waals surface area contributed by atoms with E-state index in [1.807, 2.05) is 31.2 Å². The highest BCUT2D eigenvalue weighted by Crippen LogP contribution is 2.34. The smallest absolute Gasteiger partial charge is 0.234 e. The van der Waals surface area contributed by atoms with E-state index in [0.717, 1.165) is 29.0 Å². The minimum Gasteiger partial charge on any atom is -0.494 e. The molecule has 1 saturated carbocycles. The van der Waals surface area contributed by atoms with Gasteiger partial charge < -0.3 is 14.6 Å². The fourth-order valence-electron chi connectivity index (χ4n) is 3.32. The van der Waals surface area contributed by atoms with Crippen LogP contribution >= 0.6 is 11.8 Å². The van der Waals surface area contributed by atoms with Gasteiger partial charge in [-0.3, -0.25) is 4.79 Å². The average Bonchev–Trinajstić information content (AvgIpc) is 3.31. The Bertz CT molecular complexity index is 724. The third kappa shape index (κ3) is 4.58. The molecule has 0 saturated heterocycles. The second-order valence-electron chi connectivity index (χ2n) is 6.36. The molecule has 1 heterocycles. The lowest BCUT2D eigenvalue weighted by atomic mass is 10.1. The highest BCUT2D eigenvalue weighted by atomic mass is 32.2. The number of amides is 1. The number of aromatic nitrogens is 3. The zero-order chi connectivity index (χ0) is 18.4. The summed E-state index contributed by atoms with van der Waals surface area (Å²) < 4.78 is 7.56. The molecular weight excluding hydrogens is 348 g/mol. The van der Waals surface area contributed by atoms with Crippen LogP contribution in [0.1, 0.15) is 51.3 Å². The van der Waals surface area contributed by atoms with Crippen LogP contribution in [0.5, 0.6) is 5.75 Å². The number of thioether (sulfide) groups is 1. The van der Waals surface area contributed by atoms with Gasteiger partial charge in [0.15, 0.2) is 5.16 Å². The van der Waals surface area contributed by atoms with Gasteiger partial charge in [-0.25, -0.2) is 0 Å². The highest BCUT2D eigenvalue weighted by Gasteiger charge is 2.24. The Balaban J connectivity index is 1.55. The van der Waals surface area contributed by atoms with E-state index < -0.39 is 0 Å². The van der Waals surface area contributed by atoms with Crippen LogP contribution in [0.4, 0.5) is 5.69 Å².